The van der Waals surface area contributed by atoms with Gasteiger partial charge in [-0.3, -0.25) is 4.79 Å². The number of amides is 1. The summed E-state index contributed by atoms with van der Waals surface area (Å²) in [5.74, 6) is 0.243. The molecule has 1 N–H and O–H groups in total. The molecule has 1 amide bonds. The summed E-state index contributed by atoms with van der Waals surface area (Å²) in [7, 11) is 0. The van der Waals surface area contributed by atoms with Gasteiger partial charge in [0.15, 0.2) is 0 Å². The number of likely N-dealkylation sites (tertiary alicyclic amines) is 1. The molecule has 0 radical (unpaired) electrons. The molecule has 3 heteroatoms. The summed E-state index contributed by atoms with van der Waals surface area (Å²) in [5, 5.41) is 9.63. The van der Waals surface area contributed by atoms with E-state index in [0.29, 0.717) is 5.56 Å². The lowest BCUT2D eigenvalue weighted by molar-refractivity contribution is 0.0761. The van der Waals surface area contributed by atoms with Crippen molar-refractivity contribution in [1.29, 1.82) is 0 Å². The summed E-state index contributed by atoms with van der Waals surface area (Å²) in [5.41, 5.74) is 1.40. The van der Waals surface area contributed by atoms with Crippen molar-refractivity contribution in [2.45, 2.75) is 32.6 Å². The monoisotopic (exact) mass is 233 g/mol. The number of carbonyl (C=O) groups is 1. The van der Waals surface area contributed by atoms with Crippen LogP contribution < -0.4 is 0 Å². The van der Waals surface area contributed by atoms with Gasteiger partial charge < -0.3 is 10.0 Å². The maximum atomic E-state index is 12.2. The van der Waals surface area contributed by atoms with Gasteiger partial charge in [0, 0.05) is 18.7 Å². The van der Waals surface area contributed by atoms with E-state index in [-0.39, 0.29) is 11.7 Å². The van der Waals surface area contributed by atoms with Crippen molar-refractivity contribution in [3.63, 3.8) is 0 Å². The van der Waals surface area contributed by atoms with Crippen LogP contribution in [0.5, 0.6) is 5.75 Å². The van der Waals surface area contributed by atoms with Crippen molar-refractivity contribution < 1.29 is 9.90 Å². The molecule has 0 aliphatic carbocycles. The molecule has 0 atom stereocenters. The smallest absolute Gasteiger partial charge is 0.253 e. The maximum absolute atomic E-state index is 12.2. The quantitative estimate of drug-likeness (QED) is 0.810. The van der Waals surface area contributed by atoms with Gasteiger partial charge in [0.1, 0.15) is 5.75 Å². The first kappa shape index (κ1) is 12.0. The number of carbonyl (C=O) groups excluding carboxylic acids is 1. The van der Waals surface area contributed by atoms with Gasteiger partial charge in [0.05, 0.1) is 0 Å². The Labute approximate surface area is 102 Å². The van der Waals surface area contributed by atoms with Crippen molar-refractivity contribution >= 4 is 5.91 Å². The number of benzene rings is 1. The van der Waals surface area contributed by atoms with Gasteiger partial charge in [0.2, 0.25) is 0 Å². The zero-order chi connectivity index (χ0) is 12.3. The molecule has 0 spiro atoms. The van der Waals surface area contributed by atoms with Gasteiger partial charge in [-0.05, 0) is 37.5 Å². The van der Waals surface area contributed by atoms with E-state index in [1.165, 1.54) is 12.8 Å². The lowest BCUT2D eigenvalue weighted by Gasteiger charge is -2.20. The van der Waals surface area contributed by atoms with Crippen molar-refractivity contribution in [3.8, 4) is 5.75 Å². The Kier molecular flexibility index (Phi) is 3.67. The molecule has 0 bridgehead atoms. The van der Waals surface area contributed by atoms with Gasteiger partial charge in [-0.25, -0.2) is 0 Å². The fourth-order valence-electron chi connectivity index (χ4n) is 2.20. The highest BCUT2D eigenvalue weighted by molar-refractivity contribution is 5.94. The molecule has 0 aromatic heterocycles. The first-order valence-electron chi connectivity index (χ1n) is 6.27. The zero-order valence-corrected chi connectivity index (χ0v) is 10.3. The van der Waals surface area contributed by atoms with Crippen LogP contribution in [0.15, 0.2) is 18.2 Å². The molecule has 1 aliphatic heterocycles. The molecule has 1 aliphatic rings. The molecule has 0 saturated carbocycles. The predicted octanol–water partition coefficient (Wildman–Crippen LogP) is 2.72. The molecular formula is C14H19NO2. The zero-order valence-electron chi connectivity index (χ0n) is 10.3. The Morgan fingerprint density at radius 2 is 1.82 bits per heavy atom. The van der Waals surface area contributed by atoms with Gasteiger partial charge in [-0.1, -0.05) is 18.9 Å². The van der Waals surface area contributed by atoms with E-state index in [4.69, 9.17) is 0 Å². The van der Waals surface area contributed by atoms with Crippen molar-refractivity contribution in [2.75, 3.05) is 13.1 Å². The van der Waals surface area contributed by atoms with E-state index >= 15 is 0 Å². The van der Waals surface area contributed by atoms with Gasteiger partial charge in [0.25, 0.3) is 5.91 Å². The van der Waals surface area contributed by atoms with E-state index in [2.05, 4.69) is 0 Å². The van der Waals surface area contributed by atoms with E-state index < -0.39 is 0 Å². The minimum atomic E-state index is 0.0437. The number of nitrogens with zero attached hydrogens (tertiary/aromatic N) is 1. The first-order chi connectivity index (χ1) is 8.18. The van der Waals surface area contributed by atoms with Crippen LogP contribution in [0.3, 0.4) is 0 Å². The Morgan fingerprint density at radius 3 is 2.41 bits per heavy atom. The molecule has 17 heavy (non-hydrogen) atoms. The largest absolute Gasteiger partial charge is 0.508 e. The van der Waals surface area contributed by atoms with Crippen molar-refractivity contribution in [3.05, 3.63) is 29.3 Å². The van der Waals surface area contributed by atoms with Crippen LogP contribution in [0.2, 0.25) is 0 Å². The first-order valence-corrected chi connectivity index (χ1v) is 6.27. The third kappa shape index (κ3) is 2.78. The van der Waals surface area contributed by atoms with Crippen molar-refractivity contribution in [1.82, 2.24) is 4.90 Å². The van der Waals surface area contributed by atoms with Gasteiger partial charge in [-0.15, -0.1) is 0 Å². The Bertz CT molecular complexity index is 407. The van der Waals surface area contributed by atoms with Gasteiger partial charge in [-0.2, -0.15) is 0 Å². The highest BCUT2D eigenvalue weighted by atomic mass is 16.3. The lowest BCUT2D eigenvalue weighted by atomic mass is 10.1. The number of phenols is 1. The molecule has 1 aromatic rings. The Balaban J connectivity index is 2.14. The number of rotatable bonds is 1. The standard InChI is InChI=1S/C14H19NO2/c1-11-6-7-12(10-13(11)16)14(17)15-8-4-2-3-5-9-15/h6-7,10,16H,2-5,8-9H2,1H3. The second kappa shape index (κ2) is 5.21. The van der Waals surface area contributed by atoms with Crippen LogP contribution in [0.4, 0.5) is 0 Å². The van der Waals surface area contributed by atoms with E-state index in [0.717, 1.165) is 31.5 Å². The molecule has 1 fully saturated rings. The number of hydrogen-bond acceptors (Lipinski definition) is 2. The molecule has 92 valence electrons. The molecule has 1 heterocycles. The molecule has 0 unspecified atom stereocenters. The number of aromatic hydroxyl groups is 1. The summed E-state index contributed by atoms with van der Waals surface area (Å²) in [6.07, 6.45) is 4.60. The molecule has 1 aromatic carbocycles. The topological polar surface area (TPSA) is 40.5 Å². The molecule has 2 rings (SSSR count). The second-order valence-electron chi connectivity index (χ2n) is 4.71. The molecule has 3 nitrogen and oxygen atoms in total. The third-order valence-electron chi connectivity index (χ3n) is 3.35. The number of hydrogen-bond donors (Lipinski definition) is 1. The fourth-order valence-corrected chi connectivity index (χ4v) is 2.20. The maximum Gasteiger partial charge on any atom is 0.253 e. The van der Waals surface area contributed by atoms with Gasteiger partial charge >= 0.3 is 0 Å². The second-order valence-corrected chi connectivity index (χ2v) is 4.71. The number of phenolic OH excluding ortho intramolecular Hbond substituents is 1. The third-order valence-corrected chi connectivity index (χ3v) is 3.35. The van der Waals surface area contributed by atoms with Crippen LogP contribution in [-0.2, 0) is 0 Å². The highest BCUT2D eigenvalue weighted by Crippen LogP contribution is 2.20. The minimum absolute atomic E-state index is 0.0437. The summed E-state index contributed by atoms with van der Waals surface area (Å²) in [6, 6.07) is 5.16. The van der Waals surface area contributed by atoms with Crippen LogP contribution >= 0.6 is 0 Å². The summed E-state index contributed by atoms with van der Waals surface area (Å²) >= 11 is 0. The van der Waals surface area contributed by atoms with E-state index in [1.54, 1.807) is 18.2 Å². The Morgan fingerprint density at radius 1 is 1.18 bits per heavy atom. The summed E-state index contributed by atoms with van der Waals surface area (Å²) in [4.78, 5) is 14.1. The fraction of sp³-hybridized carbons (Fsp3) is 0.500. The van der Waals surface area contributed by atoms with Crippen LogP contribution in [0.25, 0.3) is 0 Å². The summed E-state index contributed by atoms with van der Waals surface area (Å²) < 4.78 is 0. The molecular weight excluding hydrogens is 214 g/mol. The average Bonchev–Trinajstić information content (AvgIpc) is 2.60. The van der Waals surface area contributed by atoms with E-state index in [9.17, 15) is 9.90 Å². The highest BCUT2D eigenvalue weighted by Gasteiger charge is 2.17. The van der Waals surface area contributed by atoms with E-state index in [1.807, 2.05) is 11.8 Å². The van der Waals surface area contributed by atoms with Crippen molar-refractivity contribution in [2.24, 2.45) is 0 Å². The van der Waals surface area contributed by atoms with Crippen LogP contribution in [0, 0.1) is 6.92 Å². The minimum Gasteiger partial charge on any atom is -0.508 e. The average molecular weight is 233 g/mol. The Hall–Kier alpha value is -1.51. The SMILES string of the molecule is Cc1ccc(C(=O)N2CCCCCC2)cc1O. The number of aryl methyl sites for hydroxylation is 1. The lowest BCUT2D eigenvalue weighted by Crippen LogP contribution is -2.31. The van der Waals surface area contributed by atoms with Crippen LogP contribution in [-0.4, -0.2) is 29.0 Å². The normalized spacial score (nSPS) is 16.6. The summed E-state index contributed by atoms with van der Waals surface area (Å²) in [6.45, 7) is 3.51. The molecule has 1 saturated heterocycles. The van der Waals surface area contributed by atoms with Crippen LogP contribution in [0.1, 0.15) is 41.6 Å². The predicted molar refractivity (Wildman–Crippen MR) is 67.2 cm³/mol.